The van der Waals surface area contributed by atoms with Crippen LogP contribution in [0.5, 0.6) is 0 Å². The predicted molar refractivity (Wildman–Crippen MR) is 116 cm³/mol. The molecule has 1 saturated carbocycles. The van der Waals surface area contributed by atoms with Gasteiger partial charge in [-0.3, -0.25) is 4.79 Å². The van der Waals surface area contributed by atoms with E-state index in [0.717, 1.165) is 18.4 Å². The first-order chi connectivity index (χ1) is 15.1. The molecule has 32 heavy (non-hydrogen) atoms. The Morgan fingerprint density at radius 2 is 1.81 bits per heavy atom. The van der Waals surface area contributed by atoms with Crippen molar-refractivity contribution in [3.8, 4) is 0 Å². The average Bonchev–Trinajstić information content (AvgIpc) is 3.54. The summed E-state index contributed by atoms with van der Waals surface area (Å²) in [6.45, 7) is 7.08. The average molecular weight is 448 g/mol. The second-order valence-corrected chi connectivity index (χ2v) is 9.50. The van der Waals surface area contributed by atoms with Crippen LogP contribution in [-0.2, 0) is 35.0 Å². The molecule has 4 unspecified atom stereocenters. The van der Waals surface area contributed by atoms with Crippen LogP contribution < -0.4 is 5.32 Å². The fourth-order valence-electron chi connectivity index (χ4n) is 3.60. The summed E-state index contributed by atoms with van der Waals surface area (Å²) in [6, 6.07) is 8.79. The van der Waals surface area contributed by atoms with E-state index in [2.05, 4.69) is 5.32 Å². The molecule has 8 heteroatoms. The second kappa shape index (κ2) is 10.3. The fourth-order valence-corrected chi connectivity index (χ4v) is 3.60. The minimum atomic E-state index is -1.03. The minimum absolute atomic E-state index is 0.0701. The molecule has 1 aromatic rings. The maximum Gasteiger partial charge on any atom is 0.408 e. The number of cyclic esters (lactones) is 1. The largest absolute Gasteiger partial charge is 0.458 e. The van der Waals surface area contributed by atoms with Gasteiger partial charge in [0.25, 0.3) is 0 Å². The van der Waals surface area contributed by atoms with Crippen LogP contribution in [0.15, 0.2) is 30.3 Å². The van der Waals surface area contributed by atoms with E-state index in [4.69, 9.17) is 18.9 Å². The molecule has 1 aromatic carbocycles. The van der Waals surface area contributed by atoms with Crippen LogP contribution >= 0.6 is 0 Å². The van der Waals surface area contributed by atoms with Crippen LogP contribution in [0.3, 0.4) is 0 Å². The summed E-state index contributed by atoms with van der Waals surface area (Å²) in [7, 11) is 0. The molecule has 0 bridgehead atoms. The highest BCUT2D eigenvalue weighted by Gasteiger charge is 2.40. The summed E-state index contributed by atoms with van der Waals surface area (Å²) >= 11 is 0. The molecule has 1 aliphatic carbocycles. The van der Waals surface area contributed by atoms with E-state index in [1.807, 2.05) is 30.3 Å². The van der Waals surface area contributed by atoms with Gasteiger partial charge >= 0.3 is 18.0 Å². The SMILES string of the molecule is CC1OC(=O)C(NC(=O)OC(C)(C)C)COCC(Cc2ccccc2)C1OC(=O)C1CC1. The van der Waals surface area contributed by atoms with E-state index < -0.39 is 35.9 Å². The minimum Gasteiger partial charge on any atom is -0.458 e. The predicted octanol–water partition coefficient (Wildman–Crippen LogP) is 3.02. The van der Waals surface area contributed by atoms with Crippen molar-refractivity contribution >= 4 is 18.0 Å². The Bertz CT molecular complexity index is 800. The number of carbonyl (C=O) groups excluding carboxylic acids is 3. The van der Waals surface area contributed by atoms with Gasteiger partial charge in [0.2, 0.25) is 0 Å². The number of carbonyl (C=O) groups is 3. The topological polar surface area (TPSA) is 100 Å². The van der Waals surface area contributed by atoms with Gasteiger partial charge in [0.05, 0.1) is 19.1 Å². The van der Waals surface area contributed by atoms with Gasteiger partial charge in [-0.15, -0.1) is 0 Å². The Kier molecular flexibility index (Phi) is 7.77. The third kappa shape index (κ3) is 7.22. The van der Waals surface area contributed by atoms with Crippen molar-refractivity contribution in [2.45, 2.75) is 70.8 Å². The number of hydrogen-bond donors (Lipinski definition) is 1. The normalized spacial score (nSPS) is 26.7. The summed E-state index contributed by atoms with van der Waals surface area (Å²) in [4.78, 5) is 37.4. The van der Waals surface area contributed by atoms with E-state index >= 15 is 0 Å². The molecule has 8 nitrogen and oxygen atoms in total. The summed E-state index contributed by atoms with van der Waals surface area (Å²) in [5, 5.41) is 2.52. The van der Waals surface area contributed by atoms with Crippen molar-refractivity contribution in [2.75, 3.05) is 13.2 Å². The lowest BCUT2D eigenvalue weighted by Crippen LogP contribution is -2.48. The van der Waals surface area contributed by atoms with Gasteiger partial charge in [0, 0.05) is 5.92 Å². The molecule has 1 heterocycles. The molecule has 1 saturated heterocycles. The lowest BCUT2D eigenvalue weighted by molar-refractivity contribution is -0.172. The molecule has 4 atom stereocenters. The summed E-state index contributed by atoms with van der Waals surface area (Å²) in [5.74, 6) is -1.22. The zero-order valence-corrected chi connectivity index (χ0v) is 19.2. The maximum atomic E-state index is 12.8. The van der Waals surface area contributed by atoms with Crippen molar-refractivity contribution < 1.29 is 33.3 Å². The monoisotopic (exact) mass is 447 g/mol. The van der Waals surface area contributed by atoms with Gasteiger partial charge in [-0.2, -0.15) is 0 Å². The second-order valence-electron chi connectivity index (χ2n) is 9.50. The highest BCUT2D eigenvalue weighted by atomic mass is 16.6. The molecule has 0 aromatic heterocycles. The molecule has 0 radical (unpaired) electrons. The summed E-state index contributed by atoms with van der Waals surface area (Å²) in [6.07, 6.45) is 0.141. The van der Waals surface area contributed by atoms with Crippen LogP contribution in [0, 0.1) is 11.8 Å². The van der Waals surface area contributed by atoms with Gasteiger partial charge in [0.1, 0.15) is 17.8 Å². The van der Waals surface area contributed by atoms with Crippen LogP contribution in [-0.4, -0.2) is 55.1 Å². The third-order valence-corrected chi connectivity index (χ3v) is 5.32. The number of benzene rings is 1. The van der Waals surface area contributed by atoms with E-state index in [1.165, 1.54) is 0 Å². The number of alkyl carbamates (subject to hydrolysis) is 1. The van der Waals surface area contributed by atoms with Crippen LogP contribution in [0.25, 0.3) is 0 Å². The lowest BCUT2D eigenvalue weighted by Gasteiger charge is -2.30. The number of nitrogens with one attached hydrogen (secondary N) is 1. The zero-order chi connectivity index (χ0) is 23.3. The van der Waals surface area contributed by atoms with E-state index in [9.17, 15) is 14.4 Å². The Morgan fingerprint density at radius 3 is 2.44 bits per heavy atom. The van der Waals surface area contributed by atoms with E-state index in [1.54, 1.807) is 27.7 Å². The van der Waals surface area contributed by atoms with Gasteiger partial charge in [0.15, 0.2) is 6.04 Å². The Hall–Kier alpha value is -2.61. The van der Waals surface area contributed by atoms with Crippen molar-refractivity contribution in [2.24, 2.45) is 11.8 Å². The van der Waals surface area contributed by atoms with Gasteiger partial charge < -0.3 is 24.3 Å². The molecule has 1 aliphatic heterocycles. The third-order valence-electron chi connectivity index (χ3n) is 5.32. The molecule has 1 amide bonds. The van der Waals surface area contributed by atoms with E-state index in [0.29, 0.717) is 6.42 Å². The smallest absolute Gasteiger partial charge is 0.408 e. The molecule has 2 fully saturated rings. The number of amides is 1. The van der Waals surface area contributed by atoms with Crippen LogP contribution in [0.4, 0.5) is 4.79 Å². The van der Waals surface area contributed by atoms with Gasteiger partial charge in [-0.1, -0.05) is 30.3 Å². The molecule has 0 spiro atoms. The molecule has 3 rings (SSSR count). The first-order valence-electron chi connectivity index (χ1n) is 11.1. The zero-order valence-electron chi connectivity index (χ0n) is 19.2. The number of ether oxygens (including phenoxy) is 4. The Balaban J connectivity index is 1.74. The Labute approximate surface area is 188 Å². The lowest BCUT2D eigenvalue weighted by atomic mass is 9.91. The molecule has 1 N–H and O–H groups in total. The maximum absolute atomic E-state index is 12.8. The van der Waals surface area contributed by atoms with Gasteiger partial charge in [-0.05, 0) is 52.5 Å². The Morgan fingerprint density at radius 1 is 1.12 bits per heavy atom. The quantitative estimate of drug-likeness (QED) is 0.547. The van der Waals surface area contributed by atoms with Crippen molar-refractivity contribution in [3.05, 3.63) is 35.9 Å². The van der Waals surface area contributed by atoms with Crippen molar-refractivity contribution in [3.63, 3.8) is 0 Å². The highest BCUT2D eigenvalue weighted by Crippen LogP contribution is 2.32. The van der Waals surface area contributed by atoms with Gasteiger partial charge in [-0.25, -0.2) is 9.59 Å². The fraction of sp³-hybridized carbons (Fsp3) is 0.625. The van der Waals surface area contributed by atoms with Crippen LogP contribution in [0.1, 0.15) is 46.1 Å². The first kappa shape index (κ1) is 24.0. The first-order valence-corrected chi connectivity index (χ1v) is 11.1. The molecular weight excluding hydrogens is 414 g/mol. The van der Waals surface area contributed by atoms with Crippen molar-refractivity contribution in [1.29, 1.82) is 0 Å². The molecular formula is C24H33NO7. The standard InChI is InChI=1S/C24H33NO7/c1-15-20(31-21(26)17-10-11-17)18(12-16-8-6-5-7-9-16)13-29-14-19(22(27)30-15)25-23(28)32-24(2,3)4/h5-9,15,17-20H,10-14H2,1-4H3,(H,25,28). The summed E-state index contributed by atoms with van der Waals surface area (Å²) in [5.41, 5.74) is 0.360. The number of rotatable bonds is 5. The summed E-state index contributed by atoms with van der Waals surface area (Å²) < 4.78 is 22.5. The number of hydrogen-bond acceptors (Lipinski definition) is 7. The highest BCUT2D eigenvalue weighted by molar-refractivity contribution is 5.82. The number of esters is 2. The molecule has 176 valence electrons. The van der Waals surface area contributed by atoms with Crippen molar-refractivity contribution in [1.82, 2.24) is 5.32 Å². The molecule has 2 aliphatic rings. The van der Waals surface area contributed by atoms with Crippen LogP contribution in [0.2, 0.25) is 0 Å². The van der Waals surface area contributed by atoms with E-state index in [-0.39, 0.29) is 31.0 Å².